The van der Waals surface area contributed by atoms with Gasteiger partial charge in [-0.2, -0.15) is 13.2 Å². The van der Waals surface area contributed by atoms with Gasteiger partial charge in [-0.3, -0.25) is 4.90 Å². The molecule has 2 saturated heterocycles. The summed E-state index contributed by atoms with van der Waals surface area (Å²) in [6.07, 6.45) is -4.88. The number of benzene rings is 1. The molecule has 1 amide bonds. The maximum Gasteiger partial charge on any atom is 0.416 e. The van der Waals surface area contributed by atoms with Crippen LogP contribution in [0.5, 0.6) is 0 Å². The summed E-state index contributed by atoms with van der Waals surface area (Å²) in [4.78, 5) is 15.6. The van der Waals surface area contributed by atoms with Gasteiger partial charge in [0, 0.05) is 43.7 Å². The number of ether oxygens (including phenoxy) is 1. The minimum atomic E-state index is -4.54. The number of nitrogens with zero attached hydrogens (tertiary/aromatic N) is 2. The molecule has 0 atom stereocenters. The third-order valence-corrected chi connectivity index (χ3v) is 4.60. The zero-order chi connectivity index (χ0) is 19.3. The Labute approximate surface area is 149 Å². The largest absolute Gasteiger partial charge is 0.444 e. The lowest BCUT2D eigenvalue weighted by Gasteiger charge is -2.60. The summed E-state index contributed by atoms with van der Waals surface area (Å²) < 4.78 is 57.0. The maximum absolute atomic E-state index is 13.9. The van der Waals surface area contributed by atoms with E-state index in [1.54, 1.807) is 4.90 Å². The number of carbonyl (C=O) groups excluding carboxylic acids is 1. The molecule has 1 aromatic rings. The zero-order valence-corrected chi connectivity index (χ0v) is 15.0. The summed E-state index contributed by atoms with van der Waals surface area (Å²) in [6, 6.07) is 2.64. The molecule has 2 fully saturated rings. The lowest BCUT2D eigenvalue weighted by atomic mass is 9.73. The van der Waals surface area contributed by atoms with Crippen LogP contribution in [0.25, 0.3) is 0 Å². The van der Waals surface area contributed by atoms with E-state index in [4.69, 9.17) is 4.74 Å². The summed E-state index contributed by atoms with van der Waals surface area (Å²) in [5, 5.41) is 0. The number of halogens is 4. The first-order valence-corrected chi connectivity index (χ1v) is 8.43. The van der Waals surface area contributed by atoms with Crippen LogP contribution >= 0.6 is 0 Å². The van der Waals surface area contributed by atoms with Crippen molar-refractivity contribution < 1.29 is 27.1 Å². The van der Waals surface area contributed by atoms with Gasteiger partial charge in [-0.25, -0.2) is 9.18 Å². The topological polar surface area (TPSA) is 32.8 Å². The van der Waals surface area contributed by atoms with Gasteiger partial charge >= 0.3 is 12.3 Å². The van der Waals surface area contributed by atoms with Crippen molar-refractivity contribution in [3.63, 3.8) is 0 Å². The van der Waals surface area contributed by atoms with E-state index in [-0.39, 0.29) is 23.6 Å². The number of likely N-dealkylation sites (tertiary alicyclic amines) is 2. The molecule has 0 aliphatic carbocycles. The maximum atomic E-state index is 13.9. The van der Waals surface area contributed by atoms with E-state index in [0.29, 0.717) is 32.2 Å². The molecule has 2 aliphatic heterocycles. The van der Waals surface area contributed by atoms with Crippen molar-refractivity contribution in [2.75, 3.05) is 26.2 Å². The van der Waals surface area contributed by atoms with Gasteiger partial charge in [-0.15, -0.1) is 0 Å². The van der Waals surface area contributed by atoms with Gasteiger partial charge in [0.15, 0.2) is 0 Å². The van der Waals surface area contributed by atoms with Crippen molar-refractivity contribution >= 4 is 6.09 Å². The van der Waals surface area contributed by atoms with Crippen molar-refractivity contribution in [2.24, 2.45) is 5.41 Å². The van der Waals surface area contributed by atoms with Crippen molar-refractivity contribution in [3.8, 4) is 0 Å². The highest BCUT2D eigenvalue weighted by Crippen LogP contribution is 2.41. The standard InChI is InChI=1S/C18H22F4N2O2/c1-16(2,3)26-15(25)24-10-17(11-24)8-23(9-17)7-12-4-5-13(6-14(12)19)18(20,21)22/h4-6H,7-11H2,1-3H3. The van der Waals surface area contributed by atoms with Gasteiger partial charge in [0.1, 0.15) is 11.4 Å². The van der Waals surface area contributed by atoms with Crippen LogP contribution in [0.3, 0.4) is 0 Å². The fourth-order valence-electron chi connectivity index (χ4n) is 3.53. The molecule has 0 saturated carbocycles. The number of carbonyl (C=O) groups is 1. The predicted octanol–water partition coefficient (Wildman–Crippen LogP) is 3.90. The molecule has 1 aromatic carbocycles. The van der Waals surface area contributed by atoms with E-state index >= 15 is 0 Å². The second-order valence-electron chi connectivity index (χ2n) is 8.29. The van der Waals surface area contributed by atoms with Crippen LogP contribution in [0, 0.1) is 11.2 Å². The Bertz CT molecular complexity index is 698. The molecule has 3 rings (SSSR count). The van der Waals surface area contributed by atoms with Gasteiger partial charge < -0.3 is 9.64 Å². The Morgan fingerprint density at radius 2 is 1.77 bits per heavy atom. The second-order valence-corrected chi connectivity index (χ2v) is 8.29. The normalized spacial score (nSPS) is 19.9. The van der Waals surface area contributed by atoms with Crippen molar-refractivity contribution in [1.82, 2.24) is 9.80 Å². The summed E-state index contributed by atoms with van der Waals surface area (Å²) in [5.41, 5.74) is -1.27. The number of amides is 1. The van der Waals surface area contributed by atoms with E-state index < -0.39 is 23.2 Å². The molecule has 1 spiro atoms. The van der Waals surface area contributed by atoms with Gasteiger partial charge in [0.25, 0.3) is 0 Å². The number of hydrogen-bond acceptors (Lipinski definition) is 3. The Balaban J connectivity index is 1.49. The predicted molar refractivity (Wildman–Crippen MR) is 86.9 cm³/mol. The highest BCUT2D eigenvalue weighted by Gasteiger charge is 2.53. The van der Waals surface area contributed by atoms with Crippen LogP contribution in [0.2, 0.25) is 0 Å². The average molecular weight is 374 g/mol. The van der Waals surface area contributed by atoms with E-state index in [0.717, 1.165) is 6.07 Å². The van der Waals surface area contributed by atoms with Crippen LogP contribution < -0.4 is 0 Å². The first kappa shape index (κ1) is 18.9. The van der Waals surface area contributed by atoms with Crippen molar-refractivity contribution in [3.05, 3.63) is 35.1 Å². The third kappa shape index (κ3) is 3.95. The third-order valence-electron chi connectivity index (χ3n) is 4.60. The van der Waals surface area contributed by atoms with Crippen LogP contribution in [0.1, 0.15) is 31.9 Å². The van der Waals surface area contributed by atoms with Crippen LogP contribution in [-0.4, -0.2) is 47.7 Å². The molecule has 0 bridgehead atoms. The molecule has 0 N–H and O–H groups in total. The first-order valence-electron chi connectivity index (χ1n) is 8.43. The molecular weight excluding hydrogens is 352 g/mol. The number of rotatable bonds is 2. The van der Waals surface area contributed by atoms with E-state index in [1.807, 2.05) is 25.7 Å². The minimum absolute atomic E-state index is 0.000704. The highest BCUT2D eigenvalue weighted by atomic mass is 19.4. The summed E-state index contributed by atoms with van der Waals surface area (Å²) in [5.74, 6) is -0.843. The Morgan fingerprint density at radius 1 is 1.15 bits per heavy atom. The van der Waals surface area contributed by atoms with Crippen LogP contribution in [-0.2, 0) is 17.5 Å². The van der Waals surface area contributed by atoms with Gasteiger partial charge in [0.05, 0.1) is 5.56 Å². The van der Waals surface area contributed by atoms with E-state index in [1.165, 1.54) is 6.07 Å². The van der Waals surface area contributed by atoms with Gasteiger partial charge in [0.2, 0.25) is 0 Å². The van der Waals surface area contributed by atoms with Gasteiger partial charge in [-0.1, -0.05) is 6.07 Å². The summed E-state index contributed by atoms with van der Waals surface area (Å²) >= 11 is 0. The lowest BCUT2D eigenvalue weighted by Crippen LogP contribution is -2.72. The fraction of sp³-hybridized carbons (Fsp3) is 0.611. The molecule has 8 heteroatoms. The Kier molecular flexibility index (Phi) is 4.45. The molecule has 0 aromatic heterocycles. The molecule has 0 radical (unpaired) electrons. The summed E-state index contributed by atoms with van der Waals surface area (Å²) in [6.45, 7) is 8.25. The average Bonchev–Trinajstić information content (AvgIpc) is 2.38. The minimum Gasteiger partial charge on any atom is -0.444 e. The van der Waals surface area contributed by atoms with Gasteiger partial charge in [-0.05, 0) is 32.9 Å². The van der Waals surface area contributed by atoms with E-state index in [2.05, 4.69) is 0 Å². The van der Waals surface area contributed by atoms with Crippen LogP contribution in [0.4, 0.5) is 22.4 Å². The summed E-state index contributed by atoms with van der Waals surface area (Å²) in [7, 11) is 0. The highest BCUT2D eigenvalue weighted by molar-refractivity contribution is 5.69. The van der Waals surface area contributed by atoms with Crippen molar-refractivity contribution in [1.29, 1.82) is 0 Å². The zero-order valence-electron chi connectivity index (χ0n) is 15.0. The second kappa shape index (κ2) is 6.11. The first-order chi connectivity index (χ1) is 11.9. The van der Waals surface area contributed by atoms with E-state index in [9.17, 15) is 22.4 Å². The smallest absolute Gasteiger partial charge is 0.416 e. The number of hydrogen-bond donors (Lipinski definition) is 0. The molecule has 4 nitrogen and oxygen atoms in total. The monoisotopic (exact) mass is 374 g/mol. The lowest BCUT2D eigenvalue weighted by molar-refractivity contribution is -0.137. The molecule has 2 heterocycles. The number of alkyl halides is 3. The van der Waals surface area contributed by atoms with Crippen LogP contribution in [0.15, 0.2) is 18.2 Å². The molecule has 2 aliphatic rings. The molecule has 144 valence electrons. The molecule has 26 heavy (non-hydrogen) atoms. The molecular formula is C18H22F4N2O2. The van der Waals surface area contributed by atoms with Crippen molar-refractivity contribution in [2.45, 2.75) is 39.1 Å². The quantitative estimate of drug-likeness (QED) is 0.736. The molecule has 0 unspecified atom stereocenters. The fourth-order valence-corrected chi connectivity index (χ4v) is 3.53. The Morgan fingerprint density at radius 3 is 2.27 bits per heavy atom. The SMILES string of the molecule is CC(C)(C)OC(=O)N1CC2(CN(Cc3ccc(C(F)(F)F)cc3F)C2)C1. The Hall–Kier alpha value is -1.83.